The molecule has 0 aromatic rings. The number of hydrogen-bond acceptors (Lipinski definition) is 3. The van der Waals surface area contributed by atoms with Gasteiger partial charge in [0.05, 0.1) is 19.3 Å². The maximum Gasteiger partial charge on any atom is 0.206 e. The predicted molar refractivity (Wildman–Crippen MR) is 70.7 cm³/mol. The van der Waals surface area contributed by atoms with E-state index in [1.807, 2.05) is 13.8 Å². The lowest BCUT2D eigenvalue weighted by atomic mass is 9.96. The third-order valence-electron chi connectivity index (χ3n) is 2.90. The number of nitrogens with zero attached hydrogens (tertiary/aromatic N) is 1. The average Bonchev–Trinajstić information content (AvgIpc) is 2.34. The normalized spacial score (nSPS) is 18.5. The van der Waals surface area contributed by atoms with Gasteiger partial charge in [0.1, 0.15) is 0 Å². The Morgan fingerprint density at radius 2 is 2.06 bits per heavy atom. The predicted octanol–water partition coefficient (Wildman–Crippen LogP) is 1.15. The van der Waals surface area contributed by atoms with Crippen LogP contribution in [0.5, 0.6) is 0 Å². The monoisotopic (exact) mass is 242 g/mol. The molecule has 1 saturated carbocycles. The number of hydrazine groups is 1. The second-order valence-electron chi connectivity index (χ2n) is 4.77. The number of nitrogens with one attached hydrogen (secondary N) is 2. The second-order valence-corrected chi connectivity index (χ2v) is 4.77. The van der Waals surface area contributed by atoms with E-state index in [0.717, 1.165) is 0 Å². The molecular formula is C12H26N4O. The third-order valence-corrected chi connectivity index (χ3v) is 2.90. The number of rotatable bonds is 5. The van der Waals surface area contributed by atoms with Crippen LogP contribution in [0, 0.1) is 0 Å². The minimum atomic E-state index is 0.255. The summed E-state index contributed by atoms with van der Waals surface area (Å²) in [5.74, 6) is 6.13. The molecule has 1 fully saturated rings. The summed E-state index contributed by atoms with van der Waals surface area (Å²) in [7, 11) is 0. The van der Waals surface area contributed by atoms with E-state index in [0.29, 0.717) is 25.2 Å². The molecule has 0 amide bonds. The van der Waals surface area contributed by atoms with Crippen LogP contribution in [0.3, 0.4) is 0 Å². The zero-order chi connectivity index (χ0) is 12.5. The quantitative estimate of drug-likeness (QED) is 0.222. The van der Waals surface area contributed by atoms with Gasteiger partial charge in [-0.15, -0.1) is 0 Å². The lowest BCUT2D eigenvalue weighted by Crippen LogP contribution is -2.47. The molecule has 5 heteroatoms. The summed E-state index contributed by atoms with van der Waals surface area (Å²) in [6.45, 7) is 5.31. The van der Waals surface area contributed by atoms with Crippen molar-refractivity contribution in [3.8, 4) is 0 Å². The van der Waals surface area contributed by atoms with Crippen LogP contribution < -0.4 is 16.6 Å². The van der Waals surface area contributed by atoms with Crippen molar-refractivity contribution in [2.75, 3.05) is 13.2 Å². The van der Waals surface area contributed by atoms with Crippen molar-refractivity contribution < 1.29 is 4.74 Å². The Labute approximate surface area is 104 Å². The summed E-state index contributed by atoms with van der Waals surface area (Å²) >= 11 is 0. The lowest BCUT2D eigenvalue weighted by molar-refractivity contribution is 0.0853. The van der Waals surface area contributed by atoms with Crippen molar-refractivity contribution >= 4 is 5.96 Å². The summed E-state index contributed by atoms with van der Waals surface area (Å²) in [5, 5.41) is 3.35. The average molecular weight is 242 g/mol. The molecule has 0 saturated heterocycles. The van der Waals surface area contributed by atoms with E-state index >= 15 is 0 Å². The van der Waals surface area contributed by atoms with Gasteiger partial charge >= 0.3 is 0 Å². The van der Waals surface area contributed by atoms with Gasteiger partial charge in [-0.1, -0.05) is 19.3 Å². The largest absolute Gasteiger partial charge is 0.377 e. The van der Waals surface area contributed by atoms with E-state index in [4.69, 9.17) is 10.6 Å². The fourth-order valence-corrected chi connectivity index (χ4v) is 2.02. The first kappa shape index (κ1) is 14.3. The van der Waals surface area contributed by atoms with Crippen LogP contribution in [0.1, 0.15) is 46.0 Å². The smallest absolute Gasteiger partial charge is 0.206 e. The van der Waals surface area contributed by atoms with Gasteiger partial charge in [-0.05, 0) is 26.7 Å². The number of guanidine groups is 1. The maximum absolute atomic E-state index is 5.45. The van der Waals surface area contributed by atoms with E-state index < -0.39 is 0 Å². The molecule has 0 bridgehead atoms. The molecule has 0 aromatic carbocycles. The number of aliphatic imine (C=N–C) groups is 1. The Hall–Kier alpha value is -0.810. The highest BCUT2D eigenvalue weighted by Crippen LogP contribution is 2.16. The Morgan fingerprint density at radius 3 is 2.65 bits per heavy atom. The van der Waals surface area contributed by atoms with E-state index in [2.05, 4.69) is 15.7 Å². The number of nitrogens with two attached hydrogens (primary N) is 1. The van der Waals surface area contributed by atoms with Crippen molar-refractivity contribution in [2.24, 2.45) is 10.8 Å². The lowest BCUT2D eigenvalue weighted by Gasteiger charge is -2.24. The molecule has 0 unspecified atom stereocenters. The molecule has 1 rings (SSSR count). The Balaban J connectivity index is 2.23. The molecule has 4 N–H and O–H groups in total. The summed E-state index contributed by atoms with van der Waals surface area (Å²) in [6, 6.07) is 0.518. The number of hydrogen-bond donors (Lipinski definition) is 3. The second kappa shape index (κ2) is 8.31. The molecule has 100 valence electrons. The minimum absolute atomic E-state index is 0.255. The molecule has 0 atom stereocenters. The Bertz CT molecular complexity index is 225. The van der Waals surface area contributed by atoms with E-state index in [1.54, 1.807) is 0 Å². The first-order valence-electron chi connectivity index (χ1n) is 6.61. The zero-order valence-corrected chi connectivity index (χ0v) is 11.0. The van der Waals surface area contributed by atoms with Crippen LogP contribution in [0.2, 0.25) is 0 Å². The summed E-state index contributed by atoms with van der Waals surface area (Å²) in [5.41, 5.74) is 2.62. The maximum atomic E-state index is 5.45. The van der Waals surface area contributed by atoms with Gasteiger partial charge in [-0.25, -0.2) is 10.8 Å². The molecule has 0 aromatic heterocycles. The highest BCUT2D eigenvalue weighted by atomic mass is 16.5. The van der Waals surface area contributed by atoms with Crippen molar-refractivity contribution in [3.63, 3.8) is 0 Å². The first-order chi connectivity index (χ1) is 8.22. The summed E-state index contributed by atoms with van der Waals surface area (Å²) in [4.78, 5) is 4.35. The molecule has 1 aliphatic rings. The fraction of sp³-hybridized carbons (Fsp3) is 0.917. The molecule has 0 radical (unpaired) electrons. The number of ether oxygens (including phenoxy) is 1. The fourth-order valence-electron chi connectivity index (χ4n) is 2.02. The van der Waals surface area contributed by atoms with E-state index in [1.165, 1.54) is 32.1 Å². The van der Waals surface area contributed by atoms with Crippen LogP contribution in [-0.2, 0) is 4.74 Å². The van der Waals surface area contributed by atoms with Crippen LogP contribution >= 0.6 is 0 Å². The molecular weight excluding hydrogens is 216 g/mol. The topological polar surface area (TPSA) is 71.7 Å². The van der Waals surface area contributed by atoms with Crippen LogP contribution in [-0.4, -0.2) is 31.3 Å². The van der Waals surface area contributed by atoms with Gasteiger partial charge < -0.3 is 10.1 Å². The Kier molecular flexibility index (Phi) is 6.96. The molecule has 5 nitrogen and oxygen atoms in total. The van der Waals surface area contributed by atoms with Crippen LogP contribution in [0.4, 0.5) is 0 Å². The van der Waals surface area contributed by atoms with Crippen molar-refractivity contribution in [1.82, 2.24) is 10.7 Å². The van der Waals surface area contributed by atoms with Gasteiger partial charge in [-0.3, -0.25) is 5.43 Å². The SMILES string of the molecule is CC(C)OCCN=C(NN)NC1CCCCC1. The van der Waals surface area contributed by atoms with Gasteiger partial charge in [-0.2, -0.15) is 0 Å². The zero-order valence-electron chi connectivity index (χ0n) is 11.0. The minimum Gasteiger partial charge on any atom is -0.377 e. The van der Waals surface area contributed by atoms with E-state index in [9.17, 15) is 0 Å². The van der Waals surface area contributed by atoms with Gasteiger partial charge in [0.25, 0.3) is 0 Å². The Morgan fingerprint density at radius 1 is 1.35 bits per heavy atom. The van der Waals surface area contributed by atoms with E-state index in [-0.39, 0.29) is 6.10 Å². The van der Waals surface area contributed by atoms with Gasteiger partial charge in [0.15, 0.2) is 0 Å². The summed E-state index contributed by atoms with van der Waals surface area (Å²) < 4.78 is 5.42. The molecule has 17 heavy (non-hydrogen) atoms. The van der Waals surface area contributed by atoms with Crippen LogP contribution in [0.25, 0.3) is 0 Å². The molecule has 0 spiro atoms. The molecule has 1 aliphatic carbocycles. The van der Waals surface area contributed by atoms with Crippen molar-refractivity contribution in [1.29, 1.82) is 0 Å². The van der Waals surface area contributed by atoms with Gasteiger partial charge in [0.2, 0.25) is 5.96 Å². The first-order valence-corrected chi connectivity index (χ1v) is 6.61. The third kappa shape index (κ3) is 6.48. The standard InChI is InChI=1S/C12H26N4O/c1-10(2)17-9-8-14-12(16-13)15-11-6-4-3-5-7-11/h10-11H,3-9,13H2,1-2H3,(H2,14,15,16). The highest BCUT2D eigenvalue weighted by molar-refractivity contribution is 5.79. The van der Waals surface area contributed by atoms with Crippen molar-refractivity contribution in [3.05, 3.63) is 0 Å². The van der Waals surface area contributed by atoms with Crippen LogP contribution in [0.15, 0.2) is 4.99 Å². The summed E-state index contributed by atoms with van der Waals surface area (Å²) in [6.07, 6.45) is 6.62. The molecule has 0 heterocycles. The van der Waals surface area contributed by atoms with Gasteiger partial charge in [0, 0.05) is 6.04 Å². The molecule has 0 aliphatic heterocycles. The highest BCUT2D eigenvalue weighted by Gasteiger charge is 2.13. The van der Waals surface area contributed by atoms with Crippen molar-refractivity contribution in [2.45, 2.75) is 58.1 Å².